The summed E-state index contributed by atoms with van der Waals surface area (Å²) in [6.07, 6.45) is 0. The van der Waals surface area contributed by atoms with Crippen LogP contribution in [-0.2, 0) is 10.0 Å². The third kappa shape index (κ3) is 4.40. The van der Waals surface area contributed by atoms with E-state index in [9.17, 15) is 12.8 Å². The van der Waals surface area contributed by atoms with Crippen LogP contribution in [0.15, 0.2) is 70.3 Å². The SMILES string of the molecule is COc1ccccc1N(CCOc1ccc(F)cc1)S(=O)(=O)c1cccs1. The van der Waals surface area contributed by atoms with Gasteiger partial charge in [0, 0.05) is 0 Å². The molecule has 0 aliphatic carbocycles. The molecule has 0 radical (unpaired) electrons. The van der Waals surface area contributed by atoms with Gasteiger partial charge in [0.25, 0.3) is 10.0 Å². The first-order chi connectivity index (χ1) is 13.0. The van der Waals surface area contributed by atoms with Gasteiger partial charge in [-0.2, -0.15) is 0 Å². The van der Waals surface area contributed by atoms with Crippen molar-refractivity contribution in [2.45, 2.75) is 4.21 Å². The lowest BCUT2D eigenvalue weighted by Gasteiger charge is -2.25. The lowest BCUT2D eigenvalue weighted by atomic mass is 10.3. The van der Waals surface area contributed by atoms with Crippen molar-refractivity contribution in [3.63, 3.8) is 0 Å². The largest absolute Gasteiger partial charge is 0.495 e. The van der Waals surface area contributed by atoms with Gasteiger partial charge in [0.2, 0.25) is 0 Å². The standard InChI is InChI=1S/C19H18FNO4S2/c1-24-18-6-3-2-5-17(18)21(27(22,23)19-7-4-14-26-19)12-13-25-16-10-8-15(20)9-11-16/h2-11,14H,12-13H2,1H3. The highest BCUT2D eigenvalue weighted by molar-refractivity contribution is 7.94. The Labute approximate surface area is 161 Å². The number of hydrogen-bond donors (Lipinski definition) is 0. The third-order valence-electron chi connectivity index (χ3n) is 3.77. The maximum atomic E-state index is 13.1. The van der Waals surface area contributed by atoms with Crippen molar-refractivity contribution in [1.29, 1.82) is 0 Å². The molecule has 0 saturated heterocycles. The Bertz CT molecular complexity index is 973. The normalized spacial score (nSPS) is 11.2. The van der Waals surface area contributed by atoms with Gasteiger partial charge in [-0.3, -0.25) is 4.31 Å². The second-order valence-corrected chi connectivity index (χ2v) is 8.52. The molecule has 0 spiro atoms. The molecule has 27 heavy (non-hydrogen) atoms. The molecule has 5 nitrogen and oxygen atoms in total. The topological polar surface area (TPSA) is 55.8 Å². The minimum absolute atomic E-state index is 0.0674. The fourth-order valence-corrected chi connectivity index (χ4v) is 5.07. The molecule has 2 aromatic carbocycles. The first-order valence-corrected chi connectivity index (χ1v) is 10.4. The van der Waals surface area contributed by atoms with Gasteiger partial charge in [-0.15, -0.1) is 11.3 Å². The summed E-state index contributed by atoms with van der Waals surface area (Å²) < 4.78 is 51.7. The number of ether oxygens (including phenoxy) is 2. The van der Waals surface area contributed by atoms with Crippen LogP contribution in [0.2, 0.25) is 0 Å². The van der Waals surface area contributed by atoms with E-state index < -0.39 is 10.0 Å². The molecule has 1 heterocycles. The van der Waals surface area contributed by atoms with Crippen molar-refractivity contribution in [2.75, 3.05) is 24.6 Å². The summed E-state index contributed by atoms with van der Waals surface area (Å²) in [5.41, 5.74) is 0.427. The molecule has 1 aromatic heterocycles. The number of para-hydroxylation sites is 2. The number of nitrogens with zero attached hydrogens (tertiary/aromatic N) is 1. The van der Waals surface area contributed by atoms with E-state index in [1.807, 2.05) is 0 Å². The lowest BCUT2D eigenvalue weighted by molar-refractivity contribution is 0.327. The smallest absolute Gasteiger partial charge is 0.274 e. The third-order valence-corrected chi connectivity index (χ3v) is 6.96. The average Bonchev–Trinajstić information content (AvgIpc) is 3.22. The quantitative estimate of drug-likeness (QED) is 0.562. The Kier molecular flexibility index (Phi) is 5.98. The molecule has 142 valence electrons. The van der Waals surface area contributed by atoms with Crippen molar-refractivity contribution < 1.29 is 22.3 Å². The van der Waals surface area contributed by atoms with E-state index in [0.717, 1.165) is 11.3 Å². The summed E-state index contributed by atoms with van der Waals surface area (Å²) in [6.45, 7) is 0.159. The molecule has 0 fully saturated rings. The molecular formula is C19H18FNO4S2. The van der Waals surface area contributed by atoms with Crippen LogP contribution in [0.3, 0.4) is 0 Å². The molecule has 0 N–H and O–H groups in total. The molecule has 0 bridgehead atoms. The fourth-order valence-electron chi connectivity index (χ4n) is 2.50. The summed E-state index contributed by atoms with van der Waals surface area (Å²) >= 11 is 1.14. The van der Waals surface area contributed by atoms with E-state index in [-0.39, 0.29) is 23.2 Å². The Balaban J connectivity index is 1.87. The van der Waals surface area contributed by atoms with Gasteiger partial charge in [-0.1, -0.05) is 18.2 Å². The molecule has 0 saturated carbocycles. The Hall–Kier alpha value is -2.58. The number of benzene rings is 2. The number of thiophene rings is 1. The Morgan fingerprint density at radius 2 is 1.78 bits per heavy atom. The van der Waals surface area contributed by atoms with Crippen molar-refractivity contribution in [2.24, 2.45) is 0 Å². The predicted molar refractivity (Wildman–Crippen MR) is 104 cm³/mol. The van der Waals surface area contributed by atoms with Gasteiger partial charge in [-0.25, -0.2) is 12.8 Å². The Morgan fingerprint density at radius 3 is 2.44 bits per heavy atom. The zero-order valence-corrected chi connectivity index (χ0v) is 16.2. The molecule has 3 aromatic rings. The van der Waals surface area contributed by atoms with Crippen LogP contribution in [0.5, 0.6) is 11.5 Å². The predicted octanol–water partition coefficient (Wildman–Crippen LogP) is 4.17. The van der Waals surface area contributed by atoms with E-state index in [0.29, 0.717) is 17.2 Å². The van der Waals surface area contributed by atoms with Gasteiger partial charge < -0.3 is 9.47 Å². The molecule has 0 atom stereocenters. The van der Waals surface area contributed by atoms with Gasteiger partial charge in [0.15, 0.2) is 0 Å². The number of sulfonamides is 1. The Morgan fingerprint density at radius 1 is 1.04 bits per heavy atom. The minimum Gasteiger partial charge on any atom is -0.495 e. The van der Waals surface area contributed by atoms with Crippen molar-refractivity contribution >= 4 is 27.0 Å². The van der Waals surface area contributed by atoms with Gasteiger partial charge in [-0.05, 0) is 47.8 Å². The summed E-state index contributed by atoms with van der Waals surface area (Å²) in [6, 6.07) is 15.7. The van der Waals surface area contributed by atoms with Crippen LogP contribution in [-0.4, -0.2) is 28.7 Å². The molecule has 0 amide bonds. The van der Waals surface area contributed by atoms with Crippen LogP contribution >= 0.6 is 11.3 Å². The first kappa shape index (κ1) is 19.2. The van der Waals surface area contributed by atoms with Gasteiger partial charge in [0.1, 0.15) is 28.1 Å². The highest BCUT2D eigenvalue weighted by Crippen LogP contribution is 2.33. The summed E-state index contributed by atoms with van der Waals surface area (Å²) in [5, 5.41) is 1.71. The highest BCUT2D eigenvalue weighted by Gasteiger charge is 2.28. The van der Waals surface area contributed by atoms with Gasteiger partial charge >= 0.3 is 0 Å². The summed E-state index contributed by atoms with van der Waals surface area (Å²) in [5.74, 6) is 0.544. The van der Waals surface area contributed by atoms with Crippen LogP contribution in [0.1, 0.15) is 0 Å². The van der Waals surface area contributed by atoms with Crippen molar-refractivity contribution in [3.05, 3.63) is 71.9 Å². The molecule has 8 heteroatoms. The zero-order chi connectivity index (χ0) is 19.3. The maximum absolute atomic E-state index is 13.1. The van der Waals surface area contributed by atoms with E-state index in [1.165, 1.54) is 35.7 Å². The highest BCUT2D eigenvalue weighted by atomic mass is 32.2. The number of halogens is 1. The van der Waals surface area contributed by atoms with Crippen LogP contribution in [0, 0.1) is 5.82 Å². The van der Waals surface area contributed by atoms with Gasteiger partial charge in [0.05, 0.1) is 19.3 Å². The number of methoxy groups -OCH3 is 1. The number of anilines is 1. The van der Waals surface area contributed by atoms with E-state index in [4.69, 9.17) is 9.47 Å². The van der Waals surface area contributed by atoms with E-state index in [2.05, 4.69) is 0 Å². The first-order valence-electron chi connectivity index (χ1n) is 8.10. The zero-order valence-electron chi connectivity index (χ0n) is 14.5. The second-order valence-electron chi connectivity index (χ2n) is 5.48. The van der Waals surface area contributed by atoms with E-state index in [1.54, 1.807) is 41.8 Å². The second kappa shape index (κ2) is 8.41. The summed E-state index contributed by atoms with van der Waals surface area (Å²) in [7, 11) is -2.28. The van der Waals surface area contributed by atoms with Crippen molar-refractivity contribution in [1.82, 2.24) is 0 Å². The summed E-state index contributed by atoms with van der Waals surface area (Å²) in [4.78, 5) is 0. The fraction of sp³-hybridized carbons (Fsp3) is 0.158. The number of hydrogen-bond acceptors (Lipinski definition) is 5. The van der Waals surface area contributed by atoms with Crippen molar-refractivity contribution in [3.8, 4) is 11.5 Å². The van der Waals surface area contributed by atoms with Crippen LogP contribution < -0.4 is 13.8 Å². The molecule has 0 unspecified atom stereocenters. The van der Waals surface area contributed by atoms with Crippen LogP contribution in [0.4, 0.5) is 10.1 Å². The van der Waals surface area contributed by atoms with Crippen LogP contribution in [0.25, 0.3) is 0 Å². The minimum atomic E-state index is -3.77. The average molecular weight is 407 g/mol. The molecule has 0 aliphatic rings. The maximum Gasteiger partial charge on any atom is 0.274 e. The molecule has 3 rings (SSSR count). The van der Waals surface area contributed by atoms with E-state index >= 15 is 0 Å². The lowest BCUT2D eigenvalue weighted by Crippen LogP contribution is -2.34. The monoisotopic (exact) mass is 407 g/mol. The number of rotatable bonds is 8. The molecular weight excluding hydrogens is 389 g/mol. The molecule has 0 aliphatic heterocycles.